The van der Waals surface area contributed by atoms with Gasteiger partial charge in [-0.3, -0.25) is 0 Å². The van der Waals surface area contributed by atoms with Crippen molar-refractivity contribution in [3.05, 3.63) is 50.2 Å². The third-order valence-corrected chi connectivity index (χ3v) is 5.12. The van der Waals surface area contributed by atoms with Crippen LogP contribution < -0.4 is 5.32 Å². The van der Waals surface area contributed by atoms with Gasteiger partial charge >= 0.3 is 0 Å². The molecule has 0 bridgehead atoms. The second kappa shape index (κ2) is 5.47. The van der Waals surface area contributed by atoms with Gasteiger partial charge in [0.1, 0.15) is 0 Å². The van der Waals surface area contributed by atoms with Crippen molar-refractivity contribution in [1.29, 1.82) is 5.26 Å². The molecule has 4 heteroatoms. The Bertz CT molecular complexity index is 684. The molecule has 1 unspecified atom stereocenters. The number of rotatable bonds is 2. The van der Waals surface area contributed by atoms with Crippen molar-refractivity contribution in [3.63, 3.8) is 0 Å². The molecule has 1 heterocycles. The molecule has 3 rings (SSSR count). The molecule has 1 aromatic carbocycles. The normalized spacial score (nSPS) is 17.4. The number of nitriles is 1. The van der Waals surface area contributed by atoms with Crippen molar-refractivity contribution in [1.82, 2.24) is 0 Å². The Kier molecular flexibility index (Phi) is 3.69. The molecule has 1 aromatic heterocycles. The third kappa shape index (κ3) is 2.54. The predicted molar refractivity (Wildman–Crippen MR) is 84.5 cm³/mol. The molecule has 0 fully saturated rings. The van der Waals surface area contributed by atoms with Crippen LogP contribution in [0.2, 0.25) is 4.34 Å². The van der Waals surface area contributed by atoms with E-state index >= 15 is 0 Å². The molecule has 0 aliphatic heterocycles. The fourth-order valence-electron chi connectivity index (χ4n) is 2.71. The first-order valence-corrected chi connectivity index (χ1v) is 7.92. The molecule has 2 nitrogen and oxygen atoms in total. The minimum Gasteiger partial charge on any atom is -0.378 e. The summed E-state index contributed by atoms with van der Waals surface area (Å²) in [5, 5.41) is 12.6. The summed E-state index contributed by atoms with van der Waals surface area (Å²) in [5.41, 5.74) is 4.23. The van der Waals surface area contributed by atoms with Crippen molar-refractivity contribution in [3.8, 4) is 6.07 Å². The van der Waals surface area contributed by atoms with E-state index in [9.17, 15) is 0 Å². The van der Waals surface area contributed by atoms with Crippen molar-refractivity contribution in [2.45, 2.75) is 32.2 Å². The van der Waals surface area contributed by atoms with E-state index in [-0.39, 0.29) is 0 Å². The zero-order chi connectivity index (χ0) is 14.1. The Balaban J connectivity index is 1.91. The molecule has 1 aliphatic rings. The van der Waals surface area contributed by atoms with E-state index in [2.05, 4.69) is 24.4 Å². The number of nitrogens with zero attached hydrogens (tertiary/aromatic N) is 1. The maximum Gasteiger partial charge on any atom is 0.0992 e. The van der Waals surface area contributed by atoms with E-state index in [0.717, 1.165) is 28.4 Å². The van der Waals surface area contributed by atoms with Gasteiger partial charge in [0.05, 0.1) is 22.0 Å². The van der Waals surface area contributed by atoms with Crippen molar-refractivity contribution >= 4 is 28.6 Å². The molecule has 0 spiro atoms. The van der Waals surface area contributed by atoms with Crippen LogP contribution in [0.4, 0.5) is 5.69 Å². The van der Waals surface area contributed by atoms with Crippen LogP contribution in [0.5, 0.6) is 0 Å². The van der Waals surface area contributed by atoms with Crippen LogP contribution in [-0.4, -0.2) is 0 Å². The summed E-state index contributed by atoms with van der Waals surface area (Å²) in [5.74, 6) is 0. The van der Waals surface area contributed by atoms with Gasteiger partial charge in [-0.2, -0.15) is 5.26 Å². The molecular weight excluding hydrogens is 288 g/mol. The lowest BCUT2D eigenvalue weighted by atomic mass is 9.93. The van der Waals surface area contributed by atoms with Crippen molar-refractivity contribution < 1.29 is 0 Å². The number of benzene rings is 1. The Labute approximate surface area is 128 Å². The predicted octanol–water partition coefficient (Wildman–Crippen LogP) is 5.07. The van der Waals surface area contributed by atoms with Crippen LogP contribution in [0.1, 0.15) is 40.5 Å². The molecule has 1 N–H and O–H groups in total. The number of halogens is 1. The summed E-state index contributed by atoms with van der Waals surface area (Å²) in [6.07, 6.45) is 3.41. The Hall–Kier alpha value is -1.50. The van der Waals surface area contributed by atoms with Crippen LogP contribution in [0.3, 0.4) is 0 Å². The summed E-state index contributed by atoms with van der Waals surface area (Å²) in [4.78, 5) is 1.40. The Morgan fingerprint density at radius 2 is 2.25 bits per heavy atom. The molecule has 0 saturated carbocycles. The average molecular weight is 303 g/mol. The van der Waals surface area contributed by atoms with E-state index < -0.39 is 0 Å². The largest absolute Gasteiger partial charge is 0.378 e. The standard InChI is InChI=1S/C16H15ClN2S/c1-10-5-6-11(9-18)7-14(10)19-13-3-2-4-15-12(13)8-16(17)20-15/h5-8,13,19H,2-4H2,1H3. The van der Waals surface area contributed by atoms with Gasteiger partial charge in [0, 0.05) is 10.6 Å². The second-order valence-corrected chi connectivity index (χ2v) is 6.93. The number of thiophene rings is 1. The lowest BCUT2D eigenvalue weighted by molar-refractivity contribution is 0.608. The first kappa shape index (κ1) is 13.5. The first-order chi connectivity index (χ1) is 9.67. The van der Waals surface area contributed by atoms with E-state index in [1.807, 2.05) is 18.2 Å². The zero-order valence-electron chi connectivity index (χ0n) is 11.2. The van der Waals surface area contributed by atoms with E-state index in [0.29, 0.717) is 11.6 Å². The first-order valence-electron chi connectivity index (χ1n) is 6.73. The number of hydrogen-bond acceptors (Lipinski definition) is 3. The smallest absolute Gasteiger partial charge is 0.0992 e. The summed E-state index contributed by atoms with van der Waals surface area (Å²) >= 11 is 7.84. The number of fused-ring (bicyclic) bond motifs is 1. The van der Waals surface area contributed by atoms with Gasteiger partial charge in [-0.05, 0) is 55.5 Å². The second-order valence-electron chi connectivity index (χ2n) is 5.16. The maximum atomic E-state index is 9.03. The average Bonchev–Trinajstić information content (AvgIpc) is 2.82. The van der Waals surface area contributed by atoms with Gasteiger partial charge in [-0.15, -0.1) is 11.3 Å². The topological polar surface area (TPSA) is 35.8 Å². The van der Waals surface area contributed by atoms with Gasteiger partial charge in [0.2, 0.25) is 0 Å². The van der Waals surface area contributed by atoms with Gasteiger partial charge < -0.3 is 5.32 Å². The molecule has 20 heavy (non-hydrogen) atoms. The fourth-order valence-corrected chi connectivity index (χ4v) is 4.09. The summed E-state index contributed by atoms with van der Waals surface area (Å²) in [6.45, 7) is 2.06. The van der Waals surface area contributed by atoms with Crippen LogP contribution in [0.15, 0.2) is 24.3 Å². The van der Waals surface area contributed by atoms with Crippen LogP contribution in [-0.2, 0) is 6.42 Å². The highest BCUT2D eigenvalue weighted by molar-refractivity contribution is 7.16. The number of hydrogen-bond donors (Lipinski definition) is 1. The SMILES string of the molecule is Cc1ccc(C#N)cc1NC1CCCc2sc(Cl)cc21. The quantitative estimate of drug-likeness (QED) is 0.840. The molecule has 2 aromatic rings. The minimum atomic E-state index is 0.301. The molecule has 0 saturated heterocycles. The fraction of sp³-hybridized carbons (Fsp3) is 0.312. The van der Waals surface area contributed by atoms with Crippen LogP contribution in [0.25, 0.3) is 0 Å². The lowest BCUT2D eigenvalue weighted by Gasteiger charge is -2.25. The molecule has 0 radical (unpaired) electrons. The third-order valence-electron chi connectivity index (χ3n) is 3.78. The zero-order valence-corrected chi connectivity index (χ0v) is 12.8. The molecule has 0 amide bonds. The highest BCUT2D eigenvalue weighted by Gasteiger charge is 2.23. The number of anilines is 1. The maximum absolute atomic E-state index is 9.03. The number of aryl methyl sites for hydroxylation is 2. The van der Waals surface area contributed by atoms with Crippen molar-refractivity contribution in [2.24, 2.45) is 0 Å². The monoisotopic (exact) mass is 302 g/mol. The highest BCUT2D eigenvalue weighted by atomic mass is 35.5. The summed E-state index contributed by atoms with van der Waals surface area (Å²) in [7, 11) is 0. The molecule has 1 atom stereocenters. The van der Waals surface area contributed by atoms with Crippen molar-refractivity contribution in [2.75, 3.05) is 5.32 Å². The summed E-state index contributed by atoms with van der Waals surface area (Å²) < 4.78 is 0.867. The van der Waals surface area contributed by atoms with E-state index in [4.69, 9.17) is 16.9 Å². The minimum absolute atomic E-state index is 0.301. The van der Waals surface area contributed by atoms with Gasteiger partial charge in [-0.1, -0.05) is 17.7 Å². The van der Waals surface area contributed by atoms with E-state index in [1.54, 1.807) is 11.3 Å². The van der Waals surface area contributed by atoms with Crippen LogP contribution >= 0.6 is 22.9 Å². The Morgan fingerprint density at radius 3 is 3.05 bits per heavy atom. The lowest BCUT2D eigenvalue weighted by Crippen LogP contribution is -2.16. The van der Waals surface area contributed by atoms with Gasteiger partial charge in [-0.25, -0.2) is 0 Å². The van der Waals surface area contributed by atoms with Gasteiger partial charge in [0.15, 0.2) is 0 Å². The molecule has 1 aliphatic carbocycles. The van der Waals surface area contributed by atoms with Gasteiger partial charge in [0.25, 0.3) is 0 Å². The number of nitrogens with one attached hydrogen (secondary N) is 1. The molecular formula is C16H15ClN2S. The van der Waals surface area contributed by atoms with E-state index in [1.165, 1.54) is 16.9 Å². The Morgan fingerprint density at radius 1 is 1.40 bits per heavy atom. The summed E-state index contributed by atoms with van der Waals surface area (Å²) in [6, 6.07) is 10.4. The molecule has 102 valence electrons. The highest BCUT2D eigenvalue weighted by Crippen LogP contribution is 2.39. The van der Waals surface area contributed by atoms with Crippen LogP contribution in [0, 0.1) is 18.3 Å².